The summed E-state index contributed by atoms with van der Waals surface area (Å²) in [4.78, 5) is 29.8. The van der Waals surface area contributed by atoms with Crippen molar-refractivity contribution in [1.29, 1.82) is 0 Å². The first-order valence-electron chi connectivity index (χ1n) is 8.69. The highest BCUT2D eigenvalue weighted by molar-refractivity contribution is 5.74. The monoisotopic (exact) mass is 373 g/mol. The third-order valence-corrected chi connectivity index (χ3v) is 4.42. The van der Waals surface area contributed by atoms with Crippen molar-refractivity contribution >= 4 is 17.1 Å². The number of anilines is 1. The number of aliphatic hydroxyl groups is 1. The number of nitrogens with zero attached hydrogens (tertiary/aromatic N) is 4. The fraction of sp³-hybridized carbons (Fsp3) is 0.389. The summed E-state index contributed by atoms with van der Waals surface area (Å²) < 4.78 is 9.55. The second-order valence-electron chi connectivity index (χ2n) is 6.09. The lowest BCUT2D eigenvalue weighted by molar-refractivity contribution is 0.310. The van der Waals surface area contributed by atoms with Crippen molar-refractivity contribution in [3.05, 3.63) is 50.7 Å². The predicted octanol–water partition coefficient (Wildman–Crippen LogP) is 0.378. The Balaban J connectivity index is 2.25. The summed E-state index contributed by atoms with van der Waals surface area (Å²) >= 11 is 0. The van der Waals surface area contributed by atoms with E-state index in [1.54, 1.807) is 25.6 Å². The van der Waals surface area contributed by atoms with Crippen LogP contribution in [0, 0.1) is 0 Å². The van der Waals surface area contributed by atoms with Crippen LogP contribution in [0.5, 0.6) is 5.75 Å². The highest BCUT2D eigenvalue weighted by Crippen LogP contribution is 2.20. The molecule has 3 aromatic rings. The molecule has 2 N–H and O–H groups in total. The van der Waals surface area contributed by atoms with Gasteiger partial charge in [-0.1, -0.05) is 12.1 Å². The molecule has 0 unspecified atom stereocenters. The van der Waals surface area contributed by atoms with Crippen molar-refractivity contribution < 1.29 is 9.84 Å². The number of imidazole rings is 1. The number of benzene rings is 1. The molecule has 0 aliphatic heterocycles. The summed E-state index contributed by atoms with van der Waals surface area (Å²) in [6.45, 7) is 2.57. The number of methoxy groups -OCH3 is 1. The van der Waals surface area contributed by atoms with Crippen molar-refractivity contribution in [3.63, 3.8) is 0 Å². The fourth-order valence-corrected chi connectivity index (χ4v) is 3.06. The number of nitrogens with one attached hydrogen (secondary N) is 1. The number of fused-ring (bicyclic) bond motifs is 1. The van der Waals surface area contributed by atoms with Gasteiger partial charge in [-0.25, -0.2) is 4.79 Å². The van der Waals surface area contributed by atoms with Crippen LogP contribution in [0.1, 0.15) is 12.5 Å². The lowest BCUT2D eigenvalue weighted by Crippen LogP contribution is -2.39. The SMILES string of the molecule is CCn1c(=O)c2c(nc(NCCO)n2Cc2cccc(OC)c2)n(C)c1=O. The molecule has 144 valence electrons. The van der Waals surface area contributed by atoms with E-state index >= 15 is 0 Å². The molecule has 0 aliphatic rings. The Morgan fingerprint density at radius 1 is 1.26 bits per heavy atom. The van der Waals surface area contributed by atoms with E-state index in [2.05, 4.69) is 10.3 Å². The normalized spacial score (nSPS) is 11.1. The van der Waals surface area contributed by atoms with Gasteiger partial charge in [0.2, 0.25) is 5.95 Å². The topological polar surface area (TPSA) is 103 Å². The molecule has 0 saturated heterocycles. The first-order chi connectivity index (χ1) is 13.0. The maximum Gasteiger partial charge on any atom is 0.332 e. The maximum absolute atomic E-state index is 12.9. The standard InChI is InChI=1S/C18H23N5O4/c1-4-22-16(25)14-15(21(2)18(22)26)20-17(19-8-9-24)23(14)11-12-6-5-7-13(10-12)27-3/h5-7,10,24H,4,8-9,11H2,1-3H3,(H,19,20). The molecule has 2 aromatic heterocycles. The van der Waals surface area contributed by atoms with Crippen LogP contribution in [0.3, 0.4) is 0 Å². The van der Waals surface area contributed by atoms with Gasteiger partial charge in [-0.15, -0.1) is 0 Å². The van der Waals surface area contributed by atoms with Crippen molar-refractivity contribution in [3.8, 4) is 5.75 Å². The molecule has 0 spiro atoms. The van der Waals surface area contributed by atoms with Crippen LogP contribution in [0.4, 0.5) is 5.95 Å². The molecule has 0 saturated carbocycles. The number of ether oxygens (including phenoxy) is 1. The highest BCUT2D eigenvalue weighted by Gasteiger charge is 2.20. The van der Waals surface area contributed by atoms with Gasteiger partial charge in [0.25, 0.3) is 5.56 Å². The number of rotatable bonds is 7. The number of aliphatic hydroxyl groups excluding tert-OH is 1. The van der Waals surface area contributed by atoms with Crippen LogP contribution in [0.2, 0.25) is 0 Å². The van der Waals surface area contributed by atoms with Crippen molar-refractivity contribution in [2.45, 2.75) is 20.0 Å². The second-order valence-corrected chi connectivity index (χ2v) is 6.09. The van der Waals surface area contributed by atoms with E-state index in [4.69, 9.17) is 9.84 Å². The Labute approximate surface area is 155 Å². The van der Waals surface area contributed by atoms with Gasteiger partial charge >= 0.3 is 5.69 Å². The molecular weight excluding hydrogens is 350 g/mol. The zero-order chi connectivity index (χ0) is 19.6. The van der Waals surface area contributed by atoms with E-state index in [1.807, 2.05) is 24.3 Å². The third-order valence-electron chi connectivity index (χ3n) is 4.42. The molecule has 0 aliphatic carbocycles. The summed E-state index contributed by atoms with van der Waals surface area (Å²) in [5.74, 6) is 1.13. The quantitative estimate of drug-likeness (QED) is 0.621. The molecule has 9 nitrogen and oxygen atoms in total. The maximum atomic E-state index is 12.9. The average Bonchev–Trinajstić information content (AvgIpc) is 3.03. The zero-order valence-electron chi connectivity index (χ0n) is 15.6. The second kappa shape index (κ2) is 7.67. The first kappa shape index (κ1) is 18.7. The van der Waals surface area contributed by atoms with Gasteiger partial charge in [-0.3, -0.25) is 18.5 Å². The van der Waals surface area contributed by atoms with E-state index in [0.29, 0.717) is 29.4 Å². The summed E-state index contributed by atoms with van der Waals surface area (Å²) in [6, 6.07) is 7.51. The largest absolute Gasteiger partial charge is 0.497 e. The summed E-state index contributed by atoms with van der Waals surface area (Å²) in [6.07, 6.45) is 0. The minimum absolute atomic E-state index is 0.0828. The Kier molecular flexibility index (Phi) is 5.31. The minimum atomic E-state index is -0.408. The van der Waals surface area contributed by atoms with E-state index in [0.717, 1.165) is 5.56 Å². The molecule has 27 heavy (non-hydrogen) atoms. The van der Waals surface area contributed by atoms with Gasteiger partial charge in [0.15, 0.2) is 11.2 Å². The van der Waals surface area contributed by atoms with Gasteiger partial charge < -0.3 is 15.2 Å². The first-order valence-corrected chi connectivity index (χ1v) is 8.69. The summed E-state index contributed by atoms with van der Waals surface area (Å²) in [5, 5.41) is 12.2. The molecule has 0 atom stereocenters. The van der Waals surface area contributed by atoms with Crippen LogP contribution < -0.4 is 21.3 Å². The molecule has 3 rings (SSSR count). The number of hydrogen-bond acceptors (Lipinski definition) is 6. The van der Waals surface area contributed by atoms with Crippen LogP contribution in [-0.4, -0.2) is 44.1 Å². The predicted molar refractivity (Wildman–Crippen MR) is 103 cm³/mol. The molecule has 9 heteroatoms. The van der Waals surface area contributed by atoms with Crippen LogP contribution in [0.15, 0.2) is 33.9 Å². The molecule has 1 aromatic carbocycles. The van der Waals surface area contributed by atoms with Gasteiger partial charge in [0.05, 0.1) is 20.3 Å². The van der Waals surface area contributed by atoms with Gasteiger partial charge in [0, 0.05) is 20.1 Å². The Bertz CT molecular complexity index is 1080. The van der Waals surface area contributed by atoms with Crippen LogP contribution in [0.25, 0.3) is 11.2 Å². The van der Waals surface area contributed by atoms with Crippen LogP contribution in [-0.2, 0) is 20.1 Å². The van der Waals surface area contributed by atoms with Crippen molar-refractivity contribution in [2.75, 3.05) is 25.6 Å². The number of hydrogen-bond donors (Lipinski definition) is 2. The van der Waals surface area contributed by atoms with E-state index in [-0.39, 0.29) is 25.3 Å². The molecule has 0 fully saturated rings. The molecule has 2 heterocycles. The Morgan fingerprint density at radius 3 is 2.70 bits per heavy atom. The van der Waals surface area contributed by atoms with Crippen LogP contribution >= 0.6 is 0 Å². The summed E-state index contributed by atoms with van der Waals surface area (Å²) in [7, 11) is 3.19. The summed E-state index contributed by atoms with van der Waals surface area (Å²) in [5.41, 5.74) is 0.759. The molecular formula is C18H23N5O4. The van der Waals surface area contributed by atoms with Gasteiger partial charge in [0.1, 0.15) is 5.75 Å². The Hall–Kier alpha value is -3.07. The fourth-order valence-electron chi connectivity index (χ4n) is 3.06. The van der Waals surface area contributed by atoms with Crippen molar-refractivity contribution in [1.82, 2.24) is 18.7 Å². The van der Waals surface area contributed by atoms with Gasteiger partial charge in [-0.2, -0.15) is 4.98 Å². The number of aromatic nitrogens is 4. The highest BCUT2D eigenvalue weighted by atomic mass is 16.5. The third kappa shape index (κ3) is 3.33. The smallest absolute Gasteiger partial charge is 0.332 e. The van der Waals surface area contributed by atoms with Crippen molar-refractivity contribution in [2.24, 2.45) is 7.05 Å². The van der Waals surface area contributed by atoms with Gasteiger partial charge in [-0.05, 0) is 24.6 Å². The Morgan fingerprint density at radius 2 is 2.04 bits per heavy atom. The zero-order valence-corrected chi connectivity index (χ0v) is 15.6. The number of aryl methyl sites for hydroxylation is 1. The van der Waals surface area contributed by atoms with E-state index in [1.165, 1.54) is 9.13 Å². The lowest BCUT2D eigenvalue weighted by Gasteiger charge is -2.12. The minimum Gasteiger partial charge on any atom is -0.497 e. The van der Waals surface area contributed by atoms with E-state index < -0.39 is 5.69 Å². The lowest BCUT2D eigenvalue weighted by atomic mass is 10.2. The van der Waals surface area contributed by atoms with E-state index in [9.17, 15) is 9.59 Å². The molecule has 0 bridgehead atoms. The molecule has 0 radical (unpaired) electrons. The average molecular weight is 373 g/mol. The molecule has 0 amide bonds.